The number of hydrogen-bond donors (Lipinski definition) is 0. The number of rotatable bonds is 3. The fourth-order valence-electron chi connectivity index (χ4n) is 6.90. The summed E-state index contributed by atoms with van der Waals surface area (Å²) in [7, 11) is 0. The molecule has 0 saturated heterocycles. The second kappa shape index (κ2) is 9.90. The topological polar surface area (TPSA) is 12.9 Å². The monoisotopic (exact) mass is 557 g/mol. The molecule has 9 aromatic rings. The molecule has 0 aliphatic heterocycles. The van der Waals surface area contributed by atoms with Gasteiger partial charge in [-0.1, -0.05) is 127 Å². The lowest BCUT2D eigenvalue weighted by Crippen LogP contribution is -1.92. The molecule has 0 aliphatic rings. The lowest BCUT2D eigenvalue weighted by atomic mass is 9.84. The summed E-state index contributed by atoms with van der Waals surface area (Å²) in [6.45, 7) is 0. The Bertz CT molecular complexity index is 2560. The molecule has 0 fully saturated rings. The van der Waals surface area contributed by atoms with Crippen LogP contribution >= 0.6 is 0 Å². The number of pyridine rings is 1. The maximum atomic E-state index is 4.80. The van der Waals surface area contributed by atoms with E-state index in [0.717, 1.165) is 22.0 Å². The quantitative estimate of drug-likeness (QED) is 0.197. The van der Waals surface area contributed by atoms with E-state index in [1.165, 1.54) is 65.3 Å². The van der Waals surface area contributed by atoms with Crippen LogP contribution in [0.1, 0.15) is 0 Å². The van der Waals surface area contributed by atoms with Crippen LogP contribution in [0.4, 0.5) is 0 Å². The average molecular weight is 558 g/mol. The number of hydrogen-bond acceptors (Lipinski definition) is 1. The Labute approximate surface area is 255 Å². The number of para-hydroxylation sites is 1. The van der Waals surface area contributed by atoms with E-state index in [-0.39, 0.29) is 0 Å². The number of nitrogens with zero attached hydrogens (tertiary/aromatic N) is 1. The van der Waals surface area contributed by atoms with Gasteiger partial charge in [0.1, 0.15) is 0 Å². The van der Waals surface area contributed by atoms with Crippen LogP contribution in [0.15, 0.2) is 164 Å². The Morgan fingerprint density at radius 1 is 0.295 bits per heavy atom. The van der Waals surface area contributed by atoms with E-state index >= 15 is 0 Å². The third-order valence-electron chi connectivity index (χ3n) is 9.02. The zero-order valence-electron chi connectivity index (χ0n) is 24.0. The molecule has 0 spiro atoms. The van der Waals surface area contributed by atoms with Gasteiger partial charge in [-0.3, -0.25) is 4.98 Å². The van der Waals surface area contributed by atoms with Crippen LogP contribution in [-0.4, -0.2) is 4.98 Å². The van der Waals surface area contributed by atoms with E-state index in [9.17, 15) is 0 Å². The summed E-state index contributed by atoms with van der Waals surface area (Å²) >= 11 is 0. The number of benzene rings is 8. The molecule has 9 rings (SSSR count). The van der Waals surface area contributed by atoms with E-state index in [1.54, 1.807) is 0 Å². The van der Waals surface area contributed by atoms with E-state index in [2.05, 4.69) is 152 Å². The van der Waals surface area contributed by atoms with E-state index < -0.39 is 0 Å². The van der Waals surface area contributed by atoms with Crippen LogP contribution in [0.3, 0.4) is 0 Å². The fraction of sp³-hybridized carbons (Fsp3) is 0. The van der Waals surface area contributed by atoms with Crippen molar-refractivity contribution in [2.75, 3.05) is 0 Å². The molecule has 0 amide bonds. The Morgan fingerprint density at radius 2 is 0.773 bits per heavy atom. The molecule has 0 atom stereocenters. The van der Waals surface area contributed by atoms with Crippen molar-refractivity contribution in [2.24, 2.45) is 0 Å². The molecular weight excluding hydrogens is 530 g/mol. The Balaban J connectivity index is 1.39. The summed E-state index contributed by atoms with van der Waals surface area (Å²) in [4.78, 5) is 4.80. The molecule has 1 heteroatoms. The van der Waals surface area contributed by atoms with Crippen LogP contribution in [-0.2, 0) is 0 Å². The van der Waals surface area contributed by atoms with Gasteiger partial charge in [0.2, 0.25) is 0 Å². The first-order valence-corrected chi connectivity index (χ1v) is 15.1. The first kappa shape index (κ1) is 24.8. The highest BCUT2D eigenvalue weighted by molar-refractivity contribution is 6.22. The highest BCUT2D eigenvalue weighted by Crippen LogP contribution is 2.45. The standard InChI is InChI=1S/C43H27N/c1-3-11-30-23-34(19-17-28(30)9-1)42-37-14-6-7-15-38(37)43(35-20-18-29-10-2-4-12-31(29)24-35)40-26-32(21-22-39(40)42)36-25-33-13-5-8-16-41(33)44-27-36/h1-27H. The van der Waals surface area contributed by atoms with E-state index in [1.807, 2.05) is 12.3 Å². The van der Waals surface area contributed by atoms with Gasteiger partial charge < -0.3 is 0 Å². The van der Waals surface area contributed by atoms with Crippen LogP contribution in [0.5, 0.6) is 0 Å². The van der Waals surface area contributed by atoms with Gasteiger partial charge in [0.15, 0.2) is 0 Å². The van der Waals surface area contributed by atoms with Gasteiger partial charge in [0, 0.05) is 17.1 Å². The second-order valence-electron chi connectivity index (χ2n) is 11.6. The molecule has 1 aromatic heterocycles. The maximum absolute atomic E-state index is 4.80. The van der Waals surface area contributed by atoms with Gasteiger partial charge >= 0.3 is 0 Å². The van der Waals surface area contributed by atoms with Crippen LogP contribution in [0, 0.1) is 0 Å². The Kier molecular flexibility index (Phi) is 5.57. The summed E-state index contributed by atoms with van der Waals surface area (Å²) in [6, 6.07) is 57.4. The molecule has 44 heavy (non-hydrogen) atoms. The smallest absolute Gasteiger partial charge is 0.0702 e. The lowest BCUT2D eigenvalue weighted by molar-refractivity contribution is 1.41. The predicted octanol–water partition coefficient (Wildman–Crippen LogP) is 11.8. The first-order valence-electron chi connectivity index (χ1n) is 15.1. The van der Waals surface area contributed by atoms with Gasteiger partial charge in [-0.15, -0.1) is 0 Å². The van der Waals surface area contributed by atoms with Gasteiger partial charge in [0.25, 0.3) is 0 Å². The SMILES string of the molecule is c1ccc2cc(-c3c4ccccc4c(-c4ccc5ccccc5c4)c4cc(-c5cnc6ccccc6c5)ccc34)ccc2c1. The lowest BCUT2D eigenvalue weighted by Gasteiger charge is -2.19. The zero-order chi connectivity index (χ0) is 29.0. The number of fused-ring (bicyclic) bond motifs is 5. The Morgan fingerprint density at radius 3 is 1.43 bits per heavy atom. The van der Waals surface area contributed by atoms with Crippen molar-refractivity contribution in [3.8, 4) is 33.4 Å². The normalized spacial score (nSPS) is 11.6. The van der Waals surface area contributed by atoms with E-state index in [0.29, 0.717) is 0 Å². The van der Waals surface area contributed by atoms with Crippen molar-refractivity contribution in [1.82, 2.24) is 4.98 Å². The minimum atomic E-state index is 1.01. The van der Waals surface area contributed by atoms with Crippen molar-refractivity contribution in [3.63, 3.8) is 0 Å². The van der Waals surface area contributed by atoms with Crippen LogP contribution in [0.25, 0.3) is 87.4 Å². The Hall–Kier alpha value is -5.79. The molecule has 0 aliphatic carbocycles. The molecule has 0 unspecified atom stereocenters. The summed E-state index contributed by atoms with van der Waals surface area (Å²) < 4.78 is 0. The summed E-state index contributed by atoms with van der Waals surface area (Å²) in [5.41, 5.74) is 8.29. The third-order valence-corrected chi connectivity index (χ3v) is 9.02. The summed E-state index contributed by atoms with van der Waals surface area (Å²) in [6.07, 6.45) is 2.00. The van der Waals surface area contributed by atoms with E-state index in [4.69, 9.17) is 4.98 Å². The number of aromatic nitrogens is 1. The molecule has 0 N–H and O–H groups in total. The van der Waals surface area contributed by atoms with Gasteiger partial charge in [0.05, 0.1) is 5.52 Å². The molecular formula is C43H27N. The predicted molar refractivity (Wildman–Crippen MR) is 188 cm³/mol. The van der Waals surface area contributed by atoms with Crippen molar-refractivity contribution >= 4 is 54.0 Å². The van der Waals surface area contributed by atoms with Crippen LogP contribution < -0.4 is 0 Å². The van der Waals surface area contributed by atoms with Crippen molar-refractivity contribution < 1.29 is 0 Å². The largest absolute Gasteiger partial charge is 0.256 e. The molecule has 0 saturated carbocycles. The minimum Gasteiger partial charge on any atom is -0.256 e. The van der Waals surface area contributed by atoms with Crippen molar-refractivity contribution in [3.05, 3.63) is 164 Å². The average Bonchev–Trinajstić information content (AvgIpc) is 3.09. The highest BCUT2D eigenvalue weighted by atomic mass is 14.6. The summed E-state index contributed by atoms with van der Waals surface area (Å²) in [5.74, 6) is 0. The highest BCUT2D eigenvalue weighted by Gasteiger charge is 2.18. The fourth-order valence-corrected chi connectivity index (χ4v) is 6.90. The molecule has 1 nitrogen and oxygen atoms in total. The molecule has 0 bridgehead atoms. The zero-order valence-corrected chi connectivity index (χ0v) is 24.0. The van der Waals surface area contributed by atoms with Gasteiger partial charge in [-0.05, 0) is 101 Å². The van der Waals surface area contributed by atoms with Crippen molar-refractivity contribution in [2.45, 2.75) is 0 Å². The molecule has 8 aromatic carbocycles. The van der Waals surface area contributed by atoms with Gasteiger partial charge in [-0.25, -0.2) is 0 Å². The molecule has 0 radical (unpaired) electrons. The third kappa shape index (κ3) is 3.98. The molecule has 1 heterocycles. The molecule has 204 valence electrons. The van der Waals surface area contributed by atoms with Crippen molar-refractivity contribution in [1.29, 1.82) is 0 Å². The second-order valence-corrected chi connectivity index (χ2v) is 11.6. The maximum Gasteiger partial charge on any atom is 0.0702 e. The van der Waals surface area contributed by atoms with Crippen LogP contribution in [0.2, 0.25) is 0 Å². The minimum absolute atomic E-state index is 1.01. The van der Waals surface area contributed by atoms with Gasteiger partial charge in [-0.2, -0.15) is 0 Å². The summed E-state index contributed by atoms with van der Waals surface area (Å²) in [5, 5.41) is 11.2. The first-order chi connectivity index (χ1) is 21.8.